The Labute approximate surface area is 102 Å². The second-order valence-electron chi connectivity index (χ2n) is 4.66. The van der Waals surface area contributed by atoms with Crippen molar-refractivity contribution in [3.05, 3.63) is 47.8 Å². The van der Waals surface area contributed by atoms with Gasteiger partial charge in [-0.25, -0.2) is 0 Å². The molecule has 0 spiro atoms. The monoisotopic (exact) mass is 227 g/mol. The van der Waals surface area contributed by atoms with Gasteiger partial charge in [-0.2, -0.15) is 0 Å². The molecule has 0 aromatic heterocycles. The van der Waals surface area contributed by atoms with E-state index in [0.717, 1.165) is 19.6 Å². The third kappa shape index (κ3) is 2.33. The van der Waals surface area contributed by atoms with Crippen molar-refractivity contribution < 1.29 is 0 Å². The molecule has 2 heterocycles. The molecule has 17 heavy (non-hydrogen) atoms. The maximum atomic E-state index is 4.28. The highest BCUT2D eigenvalue weighted by molar-refractivity contribution is 5.59. The summed E-state index contributed by atoms with van der Waals surface area (Å²) in [6.07, 6.45) is 5.27. The first-order valence-corrected chi connectivity index (χ1v) is 6.16. The van der Waals surface area contributed by atoms with E-state index in [9.17, 15) is 0 Å². The topological polar surface area (TPSA) is 27.6 Å². The van der Waals surface area contributed by atoms with Gasteiger partial charge in [-0.1, -0.05) is 30.3 Å². The van der Waals surface area contributed by atoms with E-state index >= 15 is 0 Å². The second-order valence-corrected chi connectivity index (χ2v) is 4.66. The van der Waals surface area contributed by atoms with Gasteiger partial charge in [0.2, 0.25) is 0 Å². The Morgan fingerprint density at radius 1 is 1.29 bits per heavy atom. The van der Waals surface area contributed by atoms with Gasteiger partial charge in [-0.05, 0) is 12.0 Å². The summed E-state index contributed by atoms with van der Waals surface area (Å²) < 4.78 is 0. The van der Waals surface area contributed by atoms with E-state index in [2.05, 4.69) is 51.7 Å². The van der Waals surface area contributed by atoms with Crippen LogP contribution in [0.15, 0.2) is 47.2 Å². The highest BCUT2D eigenvalue weighted by Crippen LogP contribution is 2.23. The Morgan fingerprint density at radius 3 is 3.06 bits per heavy atom. The number of benzene rings is 1. The van der Waals surface area contributed by atoms with E-state index in [4.69, 9.17) is 0 Å². The molecule has 0 aliphatic carbocycles. The summed E-state index contributed by atoms with van der Waals surface area (Å²) >= 11 is 0. The summed E-state index contributed by atoms with van der Waals surface area (Å²) in [7, 11) is 0. The van der Waals surface area contributed by atoms with Crippen molar-refractivity contribution in [2.75, 3.05) is 13.1 Å². The molecule has 0 saturated heterocycles. The van der Waals surface area contributed by atoms with Crippen molar-refractivity contribution in [1.82, 2.24) is 10.2 Å². The van der Waals surface area contributed by atoms with E-state index in [1.54, 1.807) is 0 Å². The lowest BCUT2D eigenvalue weighted by molar-refractivity contribution is 0.301. The number of fused-ring (bicyclic) bond motifs is 1. The van der Waals surface area contributed by atoms with Gasteiger partial charge in [0.25, 0.3) is 0 Å². The third-order valence-electron chi connectivity index (χ3n) is 3.40. The van der Waals surface area contributed by atoms with Gasteiger partial charge in [-0.15, -0.1) is 0 Å². The van der Waals surface area contributed by atoms with Crippen molar-refractivity contribution in [3.8, 4) is 0 Å². The summed E-state index contributed by atoms with van der Waals surface area (Å²) in [6, 6.07) is 10.6. The number of nitrogens with zero attached hydrogens (tertiary/aromatic N) is 2. The summed E-state index contributed by atoms with van der Waals surface area (Å²) in [5, 5.41) is 3.26. The van der Waals surface area contributed by atoms with Gasteiger partial charge in [0.15, 0.2) is 0 Å². The fourth-order valence-corrected chi connectivity index (χ4v) is 2.43. The van der Waals surface area contributed by atoms with E-state index in [-0.39, 0.29) is 0 Å². The zero-order chi connectivity index (χ0) is 11.5. The van der Waals surface area contributed by atoms with Crippen molar-refractivity contribution in [2.24, 2.45) is 10.9 Å². The van der Waals surface area contributed by atoms with Crippen LogP contribution in [0.2, 0.25) is 0 Å². The first-order chi connectivity index (χ1) is 8.42. The Kier molecular flexibility index (Phi) is 2.82. The first kappa shape index (κ1) is 10.4. The van der Waals surface area contributed by atoms with Gasteiger partial charge in [0.1, 0.15) is 0 Å². The van der Waals surface area contributed by atoms with E-state index < -0.39 is 0 Å². The van der Waals surface area contributed by atoms with Crippen molar-refractivity contribution >= 4 is 6.34 Å². The van der Waals surface area contributed by atoms with Gasteiger partial charge >= 0.3 is 0 Å². The van der Waals surface area contributed by atoms with Crippen LogP contribution in [0.25, 0.3) is 0 Å². The van der Waals surface area contributed by atoms with Crippen molar-refractivity contribution in [2.45, 2.75) is 13.0 Å². The van der Waals surface area contributed by atoms with Gasteiger partial charge in [0.05, 0.1) is 6.34 Å². The Hall–Kier alpha value is -1.77. The lowest BCUT2D eigenvalue weighted by Crippen LogP contribution is -2.35. The number of hydrogen-bond donors (Lipinski definition) is 1. The smallest absolute Gasteiger partial charge is 0.0866 e. The third-order valence-corrected chi connectivity index (χ3v) is 3.40. The fourth-order valence-electron chi connectivity index (χ4n) is 2.43. The number of nitrogens with one attached hydrogen (secondary N) is 1. The van der Waals surface area contributed by atoms with Crippen LogP contribution in [0.5, 0.6) is 0 Å². The van der Waals surface area contributed by atoms with Crippen molar-refractivity contribution in [3.63, 3.8) is 0 Å². The SMILES string of the molecule is C1=NCC2CCN(Cc3ccccc3)C=C2N1. The summed E-state index contributed by atoms with van der Waals surface area (Å²) in [5.41, 5.74) is 2.69. The lowest BCUT2D eigenvalue weighted by atomic mass is 9.97. The zero-order valence-corrected chi connectivity index (χ0v) is 9.84. The Morgan fingerprint density at radius 2 is 2.18 bits per heavy atom. The molecule has 1 aromatic carbocycles. The number of rotatable bonds is 2. The van der Waals surface area contributed by atoms with Gasteiger partial charge < -0.3 is 10.2 Å². The molecule has 2 aliphatic rings. The largest absolute Gasteiger partial charge is 0.372 e. The highest BCUT2D eigenvalue weighted by Gasteiger charge is 2.22. The predicted octanol–water partition coefficient (Wildman–Crippen LogP) is 1.98. The molecular formula is C14H17N3. The minimum atomic E-state index is 0.604. The second kappa shape index (κ2) is 4.62. The standard InChI is InChI=1S/C14H17N3/c1-2-4-12(5-3-1)9-17-7-6-13-8-15-11-16-14(13)10-17/h1-5,10-11,13H,6-9H2,(H,15,16). The first-order valence-electron chi connectivity index (χ1n) is 6.16. The van der Waals surface area contributed by atoms with Gasteiger partial charge in [-0.3, -0.25) is 4.99 Å². The fraction of sp³-hybridized carbons (Fsp3) is 0.357. The molecule has 0 saturated carbocycles. The maximum Gasteiger partial charge on any atom is 0.0866 e. The van der Waals surface area contributed by atoms with Crippen LogP contribution in [0.3, 0.4) is 0 Å². The van der Waals surface area contributed by atoms with Crippen molar-refractivity contribution in [1.29, 1.82) is 0 Å². The van der Waals surface area contributed by atoms with E-state index in [0.29, 0.717) is 5.92 Å². The van der Waals surface area contributed by atoms with Crippen LogP contribution in [-0.4, -0.2) is 24.3 Å². The number of aliphatic imine (C=N–C) groups is 1. The molecular weight excluding hydrogens is 210 g/mol. The van der Waals surface area contributed by atoms with Gasteiger partial charge in [0, 0.05) is 37.4 Å². The lowest BCUT2D eigenvalue weighted by Gasteiger charge is -2.33. The van der Waals surface area contributed by atoms with Crippen LogP contribution in [-0.2, 0) is 6.54 Å². The maximum absolute atomic E-state index is 4.28. The molecule has 88 valence electrons. The molecule has 0 radical (unpaired) electrons. The summed E-state index contributed by atoms with van der Waals surface area (Å²) in [5.74, 6) is 0.604. The molecule has 1 aromatic rings. The van der Waals surface area contributed by atoms with Crippen LogP contribution in [0.1, 0.15) is 12.0 Å². The molecule has 3 rings (SSSR count). The van der Waals surface area contributed by atoms with Crippen LogP contribution in [0.4, 0.5) is 0 Å². The molecule has 0 amide bonds. The molecule has 0 fully saturated rings. The Bertz CT molecular complexity index is 436. The average Bonchev–Trinajstić information content (AvgIpc) is 2.40. The molecule has 0 bridgehead atoms. The minimum Gasteiger partial charge on any atom is -0.372 e. The number of hydrogen-bond acceptors (Lipinski definition) is 3. The van der Waals surface area contributed by atoms with Crippen LogP contribution in [0, 0.1) is 5.92 Å². The molecule has 1 atom stereocenters. The normalized spacial score (nSPS) is 22.7. The molecule has 3 heteroatoms. The van der Waals surface area contributed by atoms with Crippen LogP contribution >= 0.6 is 0 Å². The van der Waals surface area contributed by atoms with E-state index in [1.807, 2.05) is 6.34 Å². The van der Waals surface area contributed by atoms with E-state index in [1.165, 1.54) is 17.7 Å². The summed E-state index contributed by atoms with van der Waals surface area (Å²) in [4.78, 5) is 6.66. The molecule has 2 aliphatic heterocycles. The van der Waals surface area contributed by atoms with Crippen LogP contribution < -0.4 is 5.32 Å². The molecule has 1 N–H and O–H groups in total. The minimum absolute atomic E-state index is 0.604. The summed E-state index contributed by atoms with van der Waals surface area (Å²) in [6.45, 7) is 3.06. The Balaban J connectivity index is 1.71. The molecule has 3 nitrogen and oxygen atoms in total. The highest BCUT2D eigenvalue weighted by atomic mass is 15.1. The quantitative estimate of drug-likeness (QED) is 0.836. The average molecular weight is 227 g/mol. The predicted molar refractivity (Wildman–Crippen MR) is 69.5 cm³/mol. The zero-order valence-electron chi connectivity index (χ0n) is 9.84. The molecule has 1 unspecified atom stereocenters.